The van der Waals surface area contributed by atoms with E-state index in [0.29, 0.717) is 11.9 Å². The molecule has 1 fully saturated rings. The van der Waals surface area contributed by atoms with Gasteiger partial charge in [-0.2, -0.15) is 5.10 Å². The summed E-state index contributed by atoms with van der Waals surface area (Å²) in [4.78, 5) is 27.8. The van der Waals surface area contributed by atoms with Crippen molar-refractivity contribution in [3.8, 4) is 0 Å². The van der Waals surface area contributed by atoms with Crippen molar-refractivity contribution in [1.82, 2.24) is 20.0 Å². The molecular formula is C25H30N4O2. The van der Waals surface area contributed by atoms with Crippen molar-refractivity contribution in [3.63, 3.8) is 0 Å². The highest BCUT2D eigenvalue weighted by Crippen LogP contribution is 2.19. The number of nitrogens with one attached hydrogen (secondary N) is 1. The zero-order valence-electron chi connectivity index (χ0n) is 18.3. The molecule has 1 aromatic heterocycles. The SMILES string of the molecule is Cc1nn(CC(=O)NCc2ccccc2CN2CCCC(C)C2)c(=O)c2ccccc12. The van der Waals surface area contributed by atoms with Crippen LogP contribution in [-0.2, 0) is 24.4 Å². The third-order valence-electron chi connectivity index (χ3n) is 6.08. The van der Waals surface area contributed by atoms with Crippen LogP contribution in [0, 0.1) is 12.8 Å². The fourth-order valence-electron chi connectivity index (χ4n) is 4.45. The number of aromatic nitrogens is 2. The summed E-state index contributed by atoms with van der Waals surface area (Å²) >= 11 is 0. The summed E-state index contributed by atoms with van der Waals surface area (Å²) in [5, 5.41) is 8.72. The summed E-state index contributed by atoms with van der Waals surface area (Å²) in [5.74, 6) is 0.516. The molecule has 4 rings (SSSR count). The van der Waals surface area contributed by atoms with E-state index in [4.69, 9.17) is 0 Å². The van der Waals surface area contributed by atoms with Crippen LogP contribution in [-0.4, -0.2) is 33.7 Å². The normalized spacial score (nSPS) is 17.0. The van der Waals surface area contributed by atoms with Crippen molar-refractivity contribution >= 4 is 16.7 Å². The van der Waals surface area contributed by atoms with E-state index in [0.717, 1.165) is 42.2 Å². The van der Waals surface area contributed by atoms with E-state index in [2.05, 4.69) is 40.4 Å². The topological polar surface area (TPSA) is 67.2 Å². The Hall–Kier alpha value is -2.99. The van der Waals surface area contributed by atoms with Gasteiger partial charge < -0.3 is 5.32 Å². The van der Waals surface area contributed by atoms with Crippen LogP contribution >= 0.6 is 0 Å². The van der Waals surface area contributed by atoms with E-state index >= 15 is 0 Å². The number of amides is 1. The smallest absolute Gasteiger partial charge is 0.275 e. The highest BCUT2D eigenvalue weighted by atomic mass is 16.2. The molecule has 0 bridgehead atoms. The molecular weight excluding hydrogens is 388 g/mol. The van der Waals surface area contributed by atoms with Crippen molar-refractivity contribution in [3.05, 3.63) is 75.7 Å². The van der Waals surface area contributed by atoms with Crippen molar-refractivity contribution in [2.75, 3.05) is 13.1 Å². The minimum atomic E-state index is -0.240. The second kappa shape index (κ2) is 9.43. The van der Waals surface area contributed by atoms with E-state index in [-0.39, 0.29) is 18.0 Å². The molecule has 2 heterocycles. The number of piperidine rings is 1. The summed E-state index contributed by atoms with van der Waals surface area (Å²) in [5.41, 5.74) is 2.86. The summed E-state index contributed by atoms with van der Waals surface area (Å²) in [6, 6.07) is 15.6. The first-order chi connectivity index (χ1) is 15.0. The highest BCUT2D eigenvalue weighted by molar-refractivity contribution is 5.83. The molecule has 1 aliphatic heterocycles. The maximum atomic E-state index is 12.7. The number of nitrogens with zero attached hydrogens (tertiary/aromatic N) is 3. The van der Waals surface area contributed by atoms with E-state index in [1.807, 2.05) is 31.2 Å². The Bertz CT molecular complexity index is 1140. The van der Waals surface area contributed by atoms with Crippen molar-refractivity contribution < 1.29 is 4.79 Å². The van der Waals surface area contributed by atoms with Crippen molar-refractivity contribution in [1.29, 1.82) is 0 Å². The van der Waals surface area contributed by atoms with E-state index in [1.54, 1.807) is 6.07 Å². The monoisotopic (exact) mass is 418 g/mol. The average molecular weight is 419 g/mol. The molecule has 0 saturated carbocycles. The summed E-state index contributed by atoms with van der Waals surface area (Å²) in [7, 11) is 0. The fraction of sp³-hybridized carbons (Fsp3) is 0.400. The zero-order chi connectivity index (χ0) is 21.8. The lowest BCUT2D eigenvalue weighted by molar-refractivity contribution is -0.122. The first-order valence-corrected chi connectivity index (χ1v) is 11.0. The second-order valence-corrected chi connectivity index (χ2v) is 8.62. The molecule has 1 unspecified atom stereocenters. The van der Waals surface area contributed by atoms with Gasteiger partial charge in [0.2, 0.25) is 5.91 Å². The fourth-order valence-corrected chi connectivity index (χ4v) is 4.45. The number of benzene rings is 2. The van der Waals surface area contributed by atoms with Gasteiger partial charge in [0, 0.05) is 25.0 Å². The van der Waals surface area contributed by atoms with Crippen LogP contribution in [0.1, 0.15) is 36.6 Å². The molecule has 1 N–H and O–H groups in total. The summed E-state index contributed by atoms with van der Waals surface area (Å²) in [6.45, 7) is 7.67. The number of rotatable bonds is 6. The van der Waals surface area contributed by atoms with Gasteiger partial charge in [0.1, 0.15) is 6.54 Å². The third kappa shape index (κ3) is 5.02. The number of hydrogen-bond donors (Lipinski definition) is 1. The lowest BCUT2D eigenvalue weighted by Gasteiger charge is -2.31. The molecule has 1 aliphatic rings. The Labute approximate surface area is 182 Å². The van der Waals surface area contributed by atoms with E-state index < -0.39 is 0 Å². The highest BCUT2D eigenvalue weighted by Gasteiger charge is 2.17. The van der Waals surface area contributed by atoms with Gasteiger partial charge in [-0.1, -0.05) is 49.4 Å². The van der Waals surface area contributed by atoms with E-state index in [1.165, 1.54) is 23.1 Å². The molecule has 6 nitrogen and oxygen atoms in total. The van der Waals surface area contributed by atoms with Gasteiger partial charge in [-0.25, -0.2) is 4.68 Å². The van der Waals surface area contributed by atoms with E-state index in [9.17, 15) is 9.59 Å². The number of carbonyl (C=O) groups excluding carboxylic acids is 1. The molecule has 0 spiro atoms. The molecule has 1 saturated heterocycles. The predicted octanol–water partition coefficient (Wildman–Crippen LogP) is 3.25. The Morgan fingerprint density at radius 2 is 1.81 bits per heavy atom. The zero-order valence-corrected chi connectivity index (χ0v) is 18.3. The van der Waals surface area contributed by atoms with Gasteiger partial charge in [0.15, 0.2) is 0 Å². The molecule has 1 atom stereocenters. The summed E-state index contributed by atoms with van der Waals surface area (Å²) < 4.78 is 1.26. The van der Waals surface area contributed by atoms with Gasteiger partial charge in [-0.05, 0) is 49.4 Å². The molecule has 31 heavy (non-hydrogen) atoms. The Balaban J connectivity index is 1.42. The quantitative estimate of drug-likeness (QED) is 0.667. The standard InChI is InChI=1S/C25H30N4O2/c1-18-8-7-13-28(15-18)16-21-10-4-3-9-20(21)14-26-24(30)17-29-25(31)23-12-6-5-11-22(23)19(2)27-29/h3-6,9-12,18H,7-8,13-17H2,1-2H3,(H,26,30). The molecule has 0 radical (unpaired) electrons. The molecule has 3 aromatic rings. The van der Waals surface area contributed by atoms with Crippen molar-refractivity contribution in [2.24, 2.45) is 5.92 Å². The first-order valence-electron chi connectivity index (χ1n) is 11.0. The summed E-state index contributed by atoms with van der Waals surface area (Å²) in [6.07, 6.45) is 2.54. The van der Waals surface area contributed by atoms with Gasteiger partial charge in [0.25, 0.3) is 5.56 Å². The number of fused-ring (bicyclic) bond motifs is 1. The first kappa shape index (κ1) is 21.2. The molecule has 1 amide bonds. The minimum absolute atomic E-state index is 0.0870. The van der Waals surface area contributed by atoms with Gasteiger partial charge in [-0.15, -0.1) is 0 Å². The molecule has 0 aliphatic carbocycles. The third-order valence-corrected chi connectivity index (χ3v) is 6.08. The van der Waals surface area contributed by atoms with Crippen LogP contribution in [0.3, 0.4) is 0 Å². The van der Waals surface area contributed by atoms with Crippen LogP contribution in [0.5, 0.6) is 0 Å². The molecule has 6 heteroatoms. The minimum Gasteiger partial charge on any atom is -0.350 e. The van der Waals surface area contributed by atoms with Crippen LogP contribution in [0.4, 0.5) is 0 Å². The Kier molecular flexibility index (Phi) is 6.47. The maximum Gasteiger partial charge on any atom is 0.275 e. The Morgan fingerprint density at radius 3 is 2.58 bits per heavy atom. The largest absolute Gasteiger partial charge is 0.350 e. The molecule has 2 aromatic carbocycles. The van der Waals surface area contributed by atoms with Gasteiger partial charge in [0.05, 0.1) is 11.1 Å². The van der Waals surface area contributed by atoms with Crippen LogP contribution in [0.25, 0.3) is 10.8 Å². The lowest BCUT2D eigenvalue weighted by Crippen LogP contribution is -2.35. The Morgan fingerprint density at radius 1 is 1.10 bits per heavy atom. The second-order valence-electron chi connectivity index (χ2n) is 8.62. The maximum absolute atomic E-state index is 12.7. The van der Waals surface area contributed by atoms with Crippen molar-refractivity contribution in [2.45, 2.75) is 46.3 Å². The average Bonchev–Trinajstić information content (AvgIpc) is 2.77. The van der Waals surface area contributed by atoms with Crippen LogP contribution in [0.2, 0.25) is 0 Å². The predicted molar refractivity (Wildman–Crippen MR) is 123 cm³/mol. The van der Waals surface area contributed by atoms with Crippen LogP contribution in [0.15, 0.2) is 53.3 Å². The number of likely N-dealkylation sites (tertiary alicyclic amines) is 1. The lowest BCUT2D eigenvalue weighted by atomic mass is 9.99. The number of aryl methyl sites for hydroxylation is 1. The number of hydrogen-bond acceptors (Lipinski definition) is 4. The van der Waals surface area contributed by atoms with Gasteiger partial charge in [-0.3, -0.25) is 14.5 Å². The molecule has 162 valence electrons. The van der Waals surface area contributed by atoms with Crippen LogP contribution < -0.4 is 10.9 Å². The van der Waals surface area contributed by atoms with Gasteiger partial charge >= 0.3 is 0 Å². The number of carbonyl (C=O) groups is 1.